The lowest BCUT2D eigenvalue weighted by molar-refractivity contribution is -0.0443. The molecule has 0 unspecified atom stereocenters. The van der Waals surface area contributed by atoms with Gasteiger partial charge in [-0.1, -0.05) is 6.07 Å². The fourth-order valence-corrected chi connectivity index (χ4v) is 3.83. The standard InChI is InChI=1S/C18H26O3/c1-16(2,19)14-9-11-8-12-6-7-18(5,21-12)13(11)10-15(14)17(3,4)20/h9-10,12,19-20H,6-8H2,1-5H3/t12-,18+/m0/s1. The van der Waals surface area contributed by atoms with Gasteiger partial charge in [-0.15, -0.1) is 0 Å². The number of hydrogen-bond donors (Lipinski definition) is 2. The first kappa shape index (κ1) is 15.0. The van der Waals surface area contributed by atoms with Gasteiger partial charge in [0.1, 0.15) is 0 Å². The first-order chi connectivity index (χ1) is 9.51. The molecule has 1 aromatic rings. The number of benzene rings is 1. The number of ether oxygens (including phenoxy) is 1. The SMILES string of the molecule is CC(C)(O)c1cc2c(cc1C(C)(C)O)[C@@]1(C)CC[C@@H](C2)O1. The molecule has 2 aliphatic heterocycles. The molecule has 21 heavy (non-hydrogen) atoms. The van der Waals surface area contributed by atoms with Crippen LogP contribution in [0.4, 0.5) is 0 Å². The average Bonchev–Trinajstić information content (AvgIpc) is 2.63. The van der Waals surface area contributed by atoms with E-state index in [1.807, 2.05) is 0 Å². The van der Waals surface area contributed by atoms with Crippen molar-refractivity contribution in [2.75, 3.05) is 0 Å². The van der Waals surface area contributed by atoms with E-state index in [0.717, 1.165) is 30.4 Å². The molecular weight excluding hydrogens is 264 g/mol. The lowest BCUT2D eigenvalue weighted by atomic mass is 9.78. The fraction of sp³-hybridized carbons (Fsp3) is 0.667. The molecule has 3 rings (SSSR count). The second kappa shape index (κ2) is 4.31. The molecule has 2 heterocycles. The van der Waals surface area contributed by atoms with Crippen molar-refractivity contribution in [3.05, 3.63) is 34.4 Å². The Morgan fingerprint density at radius 2 is 1.67 bits per heavy atom. The molecule has 2 N–H and O–H groups in total. The maximum absolute atomic E-state index is 10.5. The van der Waals surface area contributed by atoms with Gasteiger partial charge in [0.05, 0.1) is 22.9 Å². The van der Waals surface area contributed by atoms with Crippen LogP contribution in [-0.4, -0.2) is 16.3 Å². The van der Waals surface area contributed by atoms with Gasteiger partial charge in [0.2, 0.25) is 0 Å². The molecule has 2 aliphatic rings. The largest absolute Gasteiger partial charge is 0.386 e. The zero-order valence-electron chi connectivity index (χ0n) is 13.7. The van der Waals surface area contributed by atoms with Crippen molar-refractivity contribution < 1.29 is 14.9 Å². The summed E-state index contributed by atoms with van der Waals surface area (Å²) >= 11 is 0. The predicted molar refractivity (Wildman–Crippen MR) is 82.1 cm³/mol. The molecule has 0 spiro atoms. The normalized spacial score (nSPS) is 28.6. The summed E-state index contributed by atoms with van der Waals surface area (Å²) in [6, 6.07) is 4.14. The maximum atomic E-state index is 10.5. The number of fused-ring (bicyclic) bond motifs is 4. The number of rotatable bonds is 2. The van der Waals surface area contributed by atoms with Gasteiger partial charge < -0.3 is 14.9 Å². The van der Waals surface area contributed by atoms with E-state index in [1.54, 1.807) is 27.7 Å². The van der Waals surface area contributed by atoms with E-state index in [-0.39, 0.29) is 5.60 Å². The molecule has 0 saturated carbocycles. The van der Waals surface area contributed by atoms with Crippen LogP contribution in [0.1, 0.15) is 69.7 Å². The highest BCUT2D eigenvalue weighted by molar-refractivity contribution is 5.47. The molecule has 116 valence electrons. The molecule has 1 saturated heterocycles. The van der Waals surface area contributed by atoms with Crippen molar-refractivity contribution in [3.8, 4) is 0 Å². The summed E-state index contributed by atoms with van der Waals surface area (Å²) in [5.74, 6) is 0. The van der Waals surface area contributed by atoms with Crippen molar-refractivity contribution in [3.63, 3.8) is 0 Å². The van der Waals surface area contributed by atoms with Gasteiger partial charge in [0.25, 0.3) is 0 Å². The van der Waals surface area contributed by atoms with Crippen molar-refractivity contribution in [2.24, 2.45) is 0 Å². The molecule has 3 nitrogen and oxygen atoms in total. The Morgan fingerprint density at radius 1 is 1.10 bits per heavy atom. The monoisotopic (exact) mass is 290 g/mol. The van der Waals surface area contributed by atoms with E-state index in [4.69, 9.17) is 4.74 Å². The molecule has 0 aliphatic carbocycles. The van der Waals surface area contributed by atoms with Crippen molar-refractivity contribution in [2.45, 2.75) is 76.8 Å². The molecule has 2 atom stereocenters. The van der Waals surface area contributed by atoms with E-state index in [2.05, 4.69) is 19.1 Å². The van der Waals surface area contributed by atoms with Crippen LogP contribution in [0.3, 0.4) is 0 Å². The molecule has 0 amide bonds. The molecule has 0 radical (unpaired) electrons. The van der Waals surface area contributed by atoms with Crippen LogP contribution in [0.25, 0.3) is 0 Å². The summed E-state index contributed by atoms with van der Waals surface area (Å²) < 4.78 is 6.16. The second-order valence-corrected chi connectivity index (χ2v) is 7.89. The third kappa shape index (κ3) is 2.41. The average molecular weight is 290 g/mol. The maximum Gasteiger partial charge on any atom is 0.0910 e. The minimum Gasteiger partial charge on any atom is -0.386 e. The summed E-state index contributed by atoms with van der Waals surface area (Å²) in [5, 5.41) is 21.0. The van der Waals surface area contributed by atoms with Crippen LogP contribution in [0, 0.1) is 0 Å². The van der Waals surface area contributed by atoms with E-state index >= 15 is 0 Å². The van der Waals surface area contributed by atoms with Gasteiger partial charge in [-0.05, 0) is 82.2 Å². The summed E-state index contributed by atoms with van der Waals surface area (Å²) in [4.78, 5) is 0. The van der Waals surface area contributed by atoms with Crippen molar-refractivity contribution >= 4 is 0 Å². The molecule has 0 aromatic heterocycles. The minimum atomic E-state index is -0.990. The van der Waals surface area contributed by atoms with E-state index in [0.29, 0.717) is 6.10 Å². The third-order valence-electron chi connectivity index (χ3n) is 4.95. The molecule has 2 bridgehead atoms. The molecule has 1 fully saturated rings. The number of aliphatic hydroxyl groups is 2. The first-order valence-electron chi connectivity index (χ1n) is 7.82. The van der Waals surface area contributed by atoms with Gasteiger partial charge >= 0.3 is 0 Å². The Morgan fingerprint density at radius 3 is 2.24 bits per heavy atom. The highest BCUT2D eigenvalue weighted by Gasteiger charge is 2.44. The zero-order chi connectivity index (χ0) is 15.6. The van der Waals surface area contributed by atoms with Crippen LogP contribution in [0.5, 0.6) is 0 Å². The predicted octanol–water partition coefficient (Wildman–Crippen LogP) is 3.09. The van der Waals surface area contributed by atoms with Crippen LogP contribution in [0.15, 0.2) is 12.1 Å². The highest BCUT2D eigenvalue weighted by atomic mass is 16.5. The lowest BCUT2D eigenvalue weighted by Gasteiger charge is -2.37. The van der Waals surface area contributed by atoms with Gasteiger partial charge in [-0.2, -0.15) is 0 Å². The Kier molecular flexibility index (Phi) is 3.08. The zero-order valence-corrected chi connectivity index (χ0v) is 13.7. The smallest absolute Gasteiger partial charge is 0.0910 e. The van der Waals surface area contributed by atoms with Crippen LogP contribution in [-0.2, 0) is 28.0 Å². The van der Waals surface area contributed by atoms with Crippen LogP contribution in [0.2, 0.25) is 0 Å². The van der Waals surface area contributed by atoms with E-state index in [9.17, 15) is 10.2 Å². The Labute approximate surface area is 127 Å². The van der Waals surface area contributed by atoms with Crippen LogP contribution < -0.4 is 0 Å². The highest BCUT2D eigenvalue weighted by Crippen LogP contribution is 2.48. The second-order valence-electron chi connectivity index (χ2n) is 7.89. The lowest BCUT2D eigenvalue weighted by Crippen LogP contribution is -2.33. The van der Waals surface area contributed by atoms with Crippen LogP contribution >= 0.6 is 0 Å². The van der Waals surface area contributed by atoms with Crippen molar-refractivity contribution in [1.82, 2.24) is 0 Å². The van der Waals surface area contributed by atoms with Gasteiger partial charge in [-0.3, -0.25) is 0 Å². The third-order valence-corrected chi connectivity index (χ3v) is 4.95. The Balaban J connectivity index is 2.24. The quantitative estimate of drug-likeness (QED) is 0.880. The van der Waals surface area contributed by atoms with Gasteiger partial charge in [-0.25, -0.2) is 0 Å². The summed E-state index contributed by atoms with van der Waals surface area (Å²) in [5.41, 5.74) is 1.86. The van der Waals surface area contributed by atoms with E-state index < -0.39 is 11.2 Å². The topological polar surface area (TPSA) is 49.7 Å². The summed E-state index contributed by atoms with van der Waals surface area (Å²) in [6.45, 7) is 9.24. The van der Waals surface area contributed by atoms with Crippen molar-refractivity contribution in [1.29, 1.82) is 0 Å². The van der Waals surface area contributed by atoms with Gasteiger partial charge in [0, 0.05) is 0 Å². The fourth-order valence-electron chi connectivity index (χ4n) is 3.83. The van der Waals surface area contributed by atoms with Gasteiger partial charge in [0.15, 0.2) is 0 Å². The molecule has 1 aromatic carbocycles. The molecular formula is C18H26O3. The summed E-state index contributed by atoms with van der Waals surface area (Å²) in [6.07, 6.45) is 3.31. The Hall–Kier alpha value is -0.900. The first-order valence-corrected chi connectivity index (χ1v) is 7.82. The minimum absolute atomic E-state index is 0.240. The Bertz CT molecular complexity index is 577. The molecule has 3 heteroatoms. The number of hydrogen-bond acceptors (Lipinski definition) is 3. The summed E-state index contributed by atoms with van der Waals surface area (Å²) in [7, 11) is 0. The van der Waals surface area contributed by atoms with E-state index in [1.165, 1.54) is 11.1 Å².